The van der Waals surface area contributed by atoms with Crippen molar-refractivity contribution < 1.29 is 68.1 Å². The summed E-state index contributed by atoms with van der Waals surface area (Å²) in [7, 11) is 0. The summed E-state index contributed by atoms with van der Waals surface area (Å²) in [5.41, 5.74) is 0. The molecule has 2 nitrogen and oxygen atoms in total. The molecule has 0 aromatic carbocycles. The largest absolute Gasteiger partial charge is 1.00 e. The molecule has 0 spiro atoms. The third-order valence-corrected chi connectivity index (χ3v) is 0.895. The fourth-order valence-corrected chi connectivity index (χ4v) is 0.151. The Labute approximate surface area is 98.4 Å². The van der Waals surface area contributed by atoms with E-state index in [0.29, 0.717) is 12.3 Å². The maximum atomic E-state index is 9.89. The minimum atomic E-state index is -0.789. The van der Waals surface area contributed by atoms with Crippen molar-refractivity contribution in [3.63, 3.8) is 0 Å². The van der Waals surface area contributed by atoms with Crippen molar-refractivity contribution >= 4 is 5.97 Å². The molecular weight excluding hydrogens is 178 g/mol. The van der Waals surface area contributed by atoms with Crippen molar-refractivity contribution in [3.05, 3.63) is 5.92 Å². The van der Waals surface area contributed by atoms with Gasteiger partial charge in [-0.25, -0.2) is 0 Å². The molecule has 0 saturated carbocycles. The average molecular weight is 187 g/mol. The number of carbonyl (C=O) groups is 1. The minimum absolute atomic E-state index is 0. The smallest absolute Gasteiger partial charge is 0.503 e. The van der Waals surface area contributed by atoms with E-state index < -0.39 is 5.97 Å². The predicted molar refractivity (Wildman–Crippen MR) is 26.8 cm³/mol. The van der Waals surface area contributed by atoms with Gasteiger partial charge in [0.05, 0.1) is 0 Å². The Morgan fingerprint density at radius 1 is 1.75 bits per heavy atom. The third-order valence-electron chi connectivity index (χ3n) is 0.895. The summed E-state index contributed by atoms with van der Waals surface area (Å²) in [4.78, 5) is 9.89. The van der Waals surface area contributed by atoms with Gasteiger partial charge < -0.3 is 5.11 Å². The van der Waals surface area contributed by atoms with E-state index in [4.69, 9.17) is 5.11 Å². The first-order valence-electron chi connectivity index (χ1n) is 2.24. The molecule has 3 heteroatoms. The van der Waals surface area contributed by atoms with Crippen LogP contribution in [0.2, 0.25) is 0 Å². The van der Waals surface area contributed by atoms with Crippen molar-refractivity contribution in [2.45, 2.75) is 20.3 Å². The van der Waals surface area contributed by atoms with E-state index in [9.17, 15) is 4.79 Å². The van der Waals surface area contributed by atoms with Crippen molar-refractivity contribution in [1.29, 1.82) is 0 Å². The molecule has 1 N–H and O–H groups in total. The van der Waals surface area contributed by atoms with Crippen molar-refractivity contribution in [2.24, 2.45) is 0 Å². The van der Waals surface area contributed by atoms with Gasteiger partial charge in [-0.3, -0.25) is 10.7 Å². The maximum Gasteiger partial charge on any atom is 1.00 e. The van der Waals surface area contributed by atoms with Crippen LogP contribution in [0.25, 0.3) is 0 Å². The van der Waals surface area contributed by atoms with Crippen LogP contribution < -0.4 is 58.2 Å². The summed E-state index contributed by atoms with van der Waals surface area (Å²) >= 11 is 0. The van der Waals surface area contributed by atoms with E-state index in [-0.39, 0.29) is 58.2 Å². The van der Waals surface area contributed by atoms with Gasteiger partial charge in [0.15, 0.2) is 5.97 Å². The normalized spacial score (nSPS) is 7.25. The Kier molecular flexibility index (Phi) is 9.31. The van der Waals surface area contributed by atoms with Gasteiger partial charge in [0.25, 0.3) is 0 Å². The molecule has 0 rings (SSSR count). The Hall–Kier alpha value is 1.15. The van der Waals surface area contributed by atoms with Crippen LogP contribution in [-0.4, -0.2) is 11.1 Å². The monoisotopic (exact) mass is 186 g/mol. The van der Waals surface area contributed by atoms with Crippen molar-refractivity contribution in [2.75, 3.05) is 0 Å². The van der Waals surface area contributed by atoms with Crippen LogP contribution in [0.15, 0.2) is 0 Å². The van der Waals surface area contributed by atoms with Gasteiger partial charge in [0, 0.05) is 0 Å². The van der Waals surface area contributed by atoms with Gasteiger partial charge in [-0.2, -0.15) is 13.3 Å². The third kappa shape index (κ3) is 5.29. The first-order chi connectivity index (χ1) is 3.18. The summed E-state index contributed by atoms with van der Waals surface area (Å²) in [6, 6.07) is 0. The second-order valence-corrected chi connectivity index (χ2v) is 1.44. The Bertz CT molecular complexity index is 72.8. The van der Waals surface area contributed by atoms with Crippen molar-refractivity contribution in [3.8, 4) is 0 Å². The van der Waals surface area contributed by atoms with E-state index in [1.54, 1.807) is 6.92 Å². The van der Waals surface area contributed by atoms with Gasteiger partial charge in [-0.15, -0.1) is 0 Å². The van der Waals surface area contributed by atoms with Crippen LogP contribution in [0, 0.1) is 5.92 Å². The average Bonchev–Trinajstić information content (AvgIpc) is 1.65. The summed E-state index contributed by atoms with van der Waals surface area (Å²) in [6.45, 7) is 3.44. The first kappa shape index (κ1) is 11.9. The standard InChI is InChI=1S/C5H9O2.Rb/c1-3-4(2)5(6)7;/h3H2,1-2H3,(H,6,7);/q-1;+1. The van der Waals surface area contributed by atoms with E-state index >= 15 is 0 Å². The molecule has 8 heavy (non-hydrogen) atoms. The number of aliphatic carboxylic acids is 1. The van der Waals surface area contributed by atoms with E-state index in [1.165, 1.54) is 0 Å². The molecule has 0 saturated heterocycles. The van der Waals surface area contributed by atoms with E-state index in [0.717, 1.165) is 0 Å². The molecule has 0 heterocycles. The molecule has 0 radical (unpaired) electrons. The van der Waals surface area contributed by atoms with Gasteiger partial charge in [-0.05, 0) is 0 Å². The summed E-state index contributed by atoms with van der Waals surface area (Å²) in [5, 5.41) is 8.14. The zero-order valence-electron chi connectivity index (χ0n) is 5.56. The fraction of sp³-hybridized carbons (Fsp3) is 0.600. The zero-order valence-corrected chi connectivity index (χ0v) is 10.5. The molecule has 0 atom stereocenters. The van der Waals surface area contributed by atoms with Crippen LogP contribution >= 0.6 is 0 Å². The Balaban J connectivity index is 0. The van der Waals surface area contributed by atoms with Gasteiger partial charge in [0.2, 0.25) is 0 Å². The van der Waals surface area contributed by atoms with Crippen LogP contribution in [0.5, 0.6) is 0 Å². The quantitative estimate of drug-likeness (QED) is 0.511. The second kappa shape index (κ2) is 6.27. The molecule has 0 unspecified atom stereocenters. The zero-order chi connectivity index (χ0) is 5.86. The summed E-state index contributed by atoms with van der Waals surface area (Å²) in [6.07, 6.45) is 0.634. The number of carboxylic acid groups (broad SMARTS) is 1. The number of carboxylic acids is 1. The van der Waals surface area contributed by atoms with Gasteiger partial charge >= 0.3 is 58.2 Å². The van der Waals surface area contributed by atoms with Gasteiger partial charge in [-0.1, -0.05) is 6.92 Å². The van der Waals surface area contributed by atoms with E-state index in [1.807, 2.05) is 6.92 Å². The molecule has 0 fully saturated rings. The van der Waals surface area contributed by atoms with Gasteiger partial charge in [0.1, 0.15) is 0 Å². The molecule has 0 aromatic heterocycles. The van der Waals surface area contributed by atoms with Crippen LogP contribution in [-0.2, 0) is 4.79 Å². The molecule has 0 bridgehead atoms. The minimum Gasteiger partial charge on any atom is -0.503 e. The number of rotatable bonds is 2. The topological polar surface area (TPSA) is 37.3 Å². The summed E-state index contributed by atoms with van der Waals surface area (Å²) in [5.74, 6) is -0.275. The summed E-state index contributed by atoms with van der Waals surface area (Å²) < 4.78 is 0. The second-order valence-electron chi connectivity index (χ2n) is 1.44. The van der Waals surface area contributed by atoms with E-state index in [2.05, 4.69) is 0 Å². The molecular formula is C5H9O2Rb. The van der Waals surface area contributed by atoms with Crippen LogP contribution in [0.3, 0.4) is 0 Å². The maximum absolute atomic E-state index is 9.89. The molecule has 0 aromatic rings. The number of hydrogen-bond acceptors (Lipinski definition) is 1. The molecule has 0 aliphatic heterocycles. The Morgan fingerprint density at radius 2 is 2.12 bits per heavy atom. The molecule has 0 aliphatic carbocycles. The first-order valence-corrected chi connectivity index (χ1v) is 2.24. The molecule has 0 aliphatic rings. The Morgan fingerprint density at radius 3 is 2.12 bits per heavy atom. The fourth-order valence-electron chi connectivity index (χ4n) is 0.151. The predicted octanol–water partition coefficient (Wildman–Crippen LogP) is -1.92. The number of hydrogen-bond donors (Lipinski definition) is 1. The van der Waals surface area contributed by atoms with Crippen molar-refractivity contribution in [1.82, 2.24) is 0 Å². The van der Waals surface area contributed by atoms with Crippen LogP contribution in [0.1, 0.15) is 20.3 Å². The van der Waals surface area contributed by atoms with Crippen LogP contribution in [0.4, 0.5) is 0 Å². The molecule has 0 amide bonds. The SMILES string of the molecule is CC[C-](C)C(=O)O.[Rb+]. The molecule has 42 valence electrons.